The van der Waals surface area contributed by atoms with Crippen molar-refractivity contribution in [3.8, 4) is 0 Å². The van der Waals surface area contributed by atoms with E-state index in [1.165, 1.54) is 18.2 Å². The Hall–Kier alpha value is -2.71. The summed E-state index contributed by atoms with van der Waals surface area (Å²) in [5.41, 5.74) is 2.09. The van der Waals surface area contributed by atoms with Crippen LogP contribution in [0.3, 0.4) is 0 Å². The monoisotopic (exact) mass is 478 g/mol. The van der Waals surface area contributed by atoms with Crippen molar-refractivity contribution in [1.29, 1.82) is 0 Å². The van der Waals surface area contributed by atoms with E-state index in [0.717, 1.165) is 31.6 Å². The maximum atomic E-state index is 15.1. The molecule has 0 radical (unpaired) electrons. The van der Waals surface area contributed by atoms with E-state index in [-0.39, 0.29) is 23.7 Å². The van der Waals surface area contributed by atoms with Crippen LogP contribution in [0.4, 0.5) is 23.2 Å². The first kappa shape index (κ1) is 23.4. The number of likely N-dealkylation sites (tertiary alicyclic amines) is 1. The van der Waals surface area contributed by atoms with Crippen LogP contribution in [0, 0.1) is 11.6 Å². The number of nitrogens with zero attached hydrogens (tertiary/aromatic N) is 4. The minimum absolute atomic E-state index is 0.0311. The number of benzene rings is 2. The van der Waals surface area contributed by atoms with Gasteiger partial charge < -0.3 is 4.90 Å². The maximum Gasteiger partial charge on any atom is 0.278 e. The highest BCUT2D eigenvalue weighted by Crippen LogP contribution is 2.28. The van der Waals surface area contributed by atoms with Gasteiger partial charge in [0.15, 0.2) is 0 Å². The Morgan fingerprint density at radius 1 is 1.06 bits per heavy atom. The van der Waals surface area contributed by atoms with E-state index in [4.69, 9.17) is 11.6 Å². The summed E-state index contributed by atoms with van der Waals surface area (Å²) in [5, 5.41) is 7.22. The second-order valence-electron chi connectivity index (χ2n) is 8.16. The first-order chi connectivity index (χ1) is 15.8. The molecule has 0 saturated carbocycles. The van der Waals surface area contributed by atoms with Gasteiger partial charge in [0.1, 0.15) is 17.3 Å². The summed E-state index contributed by atoms with van der Waals surface area (Å²) in [6.07, 6.45) is -0.559. The fourth-order valence-electron chi connectivity index (χ4n) is 4.00. The van der Waals surface area contributed by atoms with Crippen molar-refractivity contribution in [2.45, 2.75) is 32.2 Å². The lowest BCUT2D eigenvalue weighted by Crippen LogP contribution is -2.31. The van der Waals surface area contributed by atoms with E-state index in [0.29, 0.717) is 29.1 Å². The molecule has 0 amide bonds. The molecule has 0 unspecified atom stereocenters. The third-order valence-corrected chi connectivity index (χ3v) is 6.11. The van der Waals surface area contributed by atoms with E-state index < -0.39 is 18.1 Å². The fourth-order valence-corrected chi connectivity index (χ4v) is 4.17. The Bertz CT molecular complexity index is 1110. The highest BCUT2D eigenvalue weighted by molar-refractivity contribution is 6.31. The van der Waals surface area contributed by atoms with Crippen LogP contribution in [-0.4, -0.2) is 42.4 Å². The Balaban J connectivity index is 1.56. The van der Waals surface area contributed by atoms with Gasteiger partial charge in [0.05, 0.1) is 17.3 Å². The first-order valence-electron chi connectivity index (χ1n) is 10.6. The van der Waals surface area contributed by atoms with Crippen molar-refractivity contribution in [3.05, 3.63) is 76.5 Å². The number of anilines is 1. The second-order valence-corrected chi connectivity index (χ2v) is 8.56. The normalized spacial score (nSPS) is 16.3. The van der Waals surface area contributed by atoms with Crippen LogP contribution in [0.5, 0.6) is 0 Å². The van der Waals surface area contributed by atoms with E-state index >= 15 is 4.39 Å². The van der Waals surface area contributed by atoms with Gasteiger partial charge in [-0.1, -0.05) is 30.3 Å². The van der Waals surface area contributed by atoms with Gasteiger partial charge in [-0.3, -0.25) is 4.90 Å². The Kier molecular flexibility index (Phi) is 7.14. The lowest BCUT2D eigenvalue weighted by atomic mass is 10.0. The topological polar surface area (TPSA) is 31.2 Å². The molecule has 0 aromatic heterocycles. The van der Waals surface area contributed by atoms with Crippen molar-refractivity contribution in [2.24, 2.45) is 10.2 Å². The third-order valence-electron chi connectivity index (χ3n) is 5.82. The second kappa shape index (κ2) is 10.1. The lowest BCUT2D eigenvalue weighted by Gasteiger charge is -2.30. The van der Waals surface area contributed by atoms with Gasteiger partial charge in [0.25, 0.3) is 6.43 Å². The van der Waals surface area contributed by atoms with E-state index in [9.17, 15) is 13.2 Å². The molecule has 2 aliphatic rings. The molecule has 0 aliphatic carbocycles. The quantitative estimate of drug-likeness (QED) is 0.433. The molecule has 2 heterocycles. The zero-order chi connectivity index (χ0) is 23.5. The van der Waals surface area contributed by atoms with Gasteiger partial charge in [-0.25, -0.2) is 17.6 Å². The summed E-state index contributed by atoms with van der Waals surface area (Å²) in [6.45, 7) is 6.87. The minimum Gasteiger partial charge on any atom is -0.340 e. The highest BCUT2D eigenvalue weighted by atomic mass is 35.5. The lowest BCUT2D eigenvalue weighted by molar-refractivity contribution is 0.224. The van der Waals surface area contributed by atoms with Crippen molar-refractivity contribution in [1.82, 2.24) is 4.90 Å². The average Bonchev–Trinajstić information content (AvgIpc) is 3.47. The van der Waals surface area contributed by atoms with E-state index in [1.807, 2.05) is 4.90 Å². The van der Waals surface area contributed by atoms with Crippen LogP contribution in [-0.2, 0) is 6.54 Å². The van der Waals surface area contributed by atoms with Gasteiger partial charge in [0, 0.05) is 35.5 Å². The largest absolute Gasteiger partial charge is 0.340 e. The average molecular weight is 479 g/mol. The predicted molar refractivity (Wildman–Crippen MR) is 123 cm³/mol. The molecule has 0 atom stereocenters. The van der Waals surface area contributed by atoms with Gasteiger partial charge in [0.2, 0.25) is 0 Å². The number of hydrogen-bond donors (Lipinski definition) is 0. The molecule has 0 bridgehead atoms. The zero-order valence-corrected chi connectivity index (χ0v) is 18.6. The van der Waals surface area contributed by atoms with Crippen molar-refractivity contribution in [3.63, 3.8) is 0 Å². The zero-order valence-electron chi connectivity index (χ0n) is 17.9. The van der Waals surface area contributed by atoms with E-state index in [1.54, 1.807) is 18.2 Å². The Morgan fingerprint density at radius 3 is 2.45 bits per heavy atom. The third kappa shape index (κ3) is 5.45. The summed E-state index contributed by atoms with van der Waals surface area (Å²) in [7, 11) is 0. The summed E-state index contributed by atoms with van der Waals surface area (Å²) in [6, 6.07) is 8.85. The summed E-state index contributed by atoms with van der Waals surface area (Å²) in [5.74, 6) is -1.04. The van der Waals surface area contributed by atoms with Crippen LogP contribution >= 0.6 is 11.6 Å². The molecule has 9 heteroatoms. The Morgan fingerprint density at radius 2 is 1.82 bits per heavy atom. The molecular formula is C24H23ClF4N4. The predicted octanol–water partition coefficient (Wildman–Crippen LogP) is 6.05. The molecule has 174 valence electrons. The van der Waals surface area contributed by atoms with Gasteiger partial charge in [-0.15, -0.1) is 0 Å². The minimum atomic E-state index is -2.69. The molecule has 4 nitrogen and oxygen atoms in total. The summed E-state index contributed by atoms with van der Waals surface area (Å²) in [4.78, 5) is 4.07. The number of hydrogen-bond acceptors (Lipinski definition) is 4. The van der Waals surface area contributed by atoms with Crippen LogP contribution < -0.4 is 4.90 Å². The molecule has 33 heavy (non-hydrogen) atoms. The van der Waals surface area contributed by atoms with Crippen LogP contribution in [0.25, 0.3) is 0 Å². The van der Waals surface area contributed by atoms with E-state index in [2.05, 4.69) is 21.7 Å². The first-order valence-corrected chi connectivity index (χ1v) is 11.0. The molecular weight excluding hydrogens is 456 g/mol. The summed E-state index contributed by atoms with van der Waals surface area (Å²) < 4.78 is 54.4. The summed E-state index contributed by atoms with van der Waals surface area (Å²) >= 11 is 6.00. The molecule has 1 saturated heterocycles. The smallest absolute Gasteiger partial charge is 0.278 e. The van der Waals surface area contributed by atoms with Crippen LogP contribution in [0.15, 0.2) is 58.9 Å². The molecule has 0 spiro atoms. The van der Waals surface area contributed by atoms with Gasteiger partial charge >= 0.3 is 0 Å². The molecule has 2 aromatic rings. The molecule has 2 aromatic carbocycles. The number of alkyl halides is 2. The number of rotatable bonds is 8. The van der Waals surface area contributed by atoms with Gasteiger partial charge in [-0.2, -0.15) is 10.2 Å². The van der Waals surface area contributed by atoms with Crippen LogP contribution in [0.2, 0.25) is 5.02 Å². The fraction of sp³-hybridized carbons (Fsp3) is 0.333. The standard InChI is InChI=1S/C24H23ClF4N4/c1-15(13-32-8-2-3-9-32)33(18-6-7-20(26)19(25)11-18)14-17-5-4-16(10-21(17)27)22-12-23(24(28)29)31-30-22/h4-7,10-11,24H,1-3,8-9,12-14H2. The van der Waals surface area contributed by atoms with Crippen molar-refractivity contribution < 1.29 is 17.6 Å². The SMILES string of the molecule is C=C(CN1CCCC1)N(Cc1ccc(C2=NN=C(C(F)F)C2)cc1F)c1ccc(F)c(Cl)c1. The Labute approximate surface area is 194 Å². The van der Waals surface area contributed by atoms with Crippen LogP contribution in [0.1, 0.15) is 30.4 Å². The highest BCUT2D eigenvalue weighted by Gasteiger charge is 2.23. The van der Waals surface area contributed by atoms with Crippen molar-refractivity contribution in [2.75, 3.05) is 24.5 Å². The van der Waals surface area contributed by atoms with Crippen molar-refractivity contribution >= 4 is 28.7 Å². The molecule has 1 fully saturated rings. The molecule has 0 N–H and O–H groups in total. The molecule has 4 rings (SSSR count). The van der Waals surface area contributed by atoms with Gasteiger partial charge in [-0.05, 0) is 50.2 Å². The molecule has 2 aliphatic heterocycles. The number of halogens is 5. The maximum absolute atomic E-state index is 15.1.